The number of anilines is 1. The van der Waals surface area contributed by atoms with Gasteiger partial charge in [0.1, 0.15) is 12.6 Å². The smallest absolute Gasteiger partial charge is 0.264 e. The number of hydrogen-bond acceptors (Lipinski definition) is 4. The van der Waals surface area contributed by atoms with E-state index in [2.05, 4.69) is 5.32 Å². The summed E-state index contributed by atoms with van der Waals surface area (Å²) in [6.45, 7) is 3.21. The molecule has 0 fully saturated rings. The van der Waals surface area contributed by atoms with Crippen LogP contribution in [-0.4, -0.2) is 44.3 Å². The Morgan fingerprint density at radius 1 is 0.944 bits per heavy atom. The maximum atomic E-state index is 13.7. The average Bonchev–Trinajstić information content (AvgIpc) is 2.87. The van der Waals surface area contributed by atoms with Crippen molar-refractivity contribution < 1.29 is 18.0 Å². The molecule has 190 valence electrons. The van der Waals surface area contributed by atoms with Crippen LogP contribution < -0.4 is 9.62 Å². The summed E-state index contributed by atoms with van der Waals surface area (Å²) in [7, 11) is -4.08. The number of amides is 2. The first-order valence-electron chi connectivity index (χ1n) is 11.3. The summed E-state index contributed by atoms with van der Waals surface area (Å²) >= 11 is 12.4. The van der Waals surface area contributed by atoms with Crippen molar-refractivity contribution in [2.45, 2.75) is 31.3 Å². The van der Waals surface area contributed by atoms with E-state index in [1.165, 1.54) is 17.0 Å². The molecule has 0 aliphatic heterocycles. The summed E-state index contributed by atoms with van der Waals surface area (Å²) in [6, 6.07) is 20.2. The van der Waals surface area contributed by atoms with Crippen LogP contribution in [0.15, 0.2) is 83.8 Å². The Balaban J connectivity index is 2.01. The summed E-state index contributed by atoms with van der Waals surface area (Å²) in [6.07, 6.45) is 0. The van der Waals surface area contributed by atoms with Crippen molar-refractivity contribution in [1.82, 2.24) is 10.2 Å². The average molecular weight is 548 g/mol. The minimum atomic E-state index is -4.08. The van der Waals surface area contributed by atoms with Crippen molar-refractivity contribution in [1.29, 1.82) is 0 Å². The SMILES string of the molecule is CCNC(=O)[C@@H](C)N(Cc1ccc(Cl)cc1Cl)C(=O)CN(c1ccccc1)S(=O)(=O)c1ccccc1. The van der Waals surface area contributed by atoms with E-state index in [-0.39, 0.29) is 17.3 Å². The molecule has 0 spiro atoms. The first-order chi connectivity index (χ1) is 17.1. The van der Waals surface area contributed by atoms with Gasteiger partial charge in [0.2, 0.25) is 11.8 Å². The predicted molar refractivity (Wildman–Crippen MR) is 143 cm³/mol. The normalized spacial score (nSPS) is 12.0. The zero-order chi connectivity index (χ0) is 26.3. The van der Waals surface area contributed by atoms with Gasteiger partial charge in [-0.15, -0.1) is 0 Å². The van der Waals surface area contributed by atoms with Gasteiger partial charge in [-0.1, -0.05) is 65.7 Å². The third-order valence-corrected chi connectivity index (χ3v) is 7.90. The number of rotatable bonds is 10. The molecule has 1 N–H and O–H groups in total. The quantitative estimate of drug-likeness (QED) is 0.397. The molecule has 0 heterocycles. The van der Waals surface area contributed by atoms with E-state index in [9.17, 15) is 18.0 Å². The molecule has 7 nitrogen and oxygen atoms in total. The van der Waals surface area contributed by atoms with Crippen LogP contribution in [0, 0.1) is 0 Å². The lowest BCUT2D eigenvalue weighted by molar-refractivity contribution is -0.139. The van der Waals surface area contributed by atoms with Crippen molar-refractivity contribution >= 4 is 50.7 Å². The van der Waals surface area contributed by atoms with E-state index >= 15 is 0 Å². The van der Waals surface area contributed by atoms with Crippen LogP contribution in [0.2, 0.25) is 10.0 Å². The summed E-state index contributed by atoms with van der Waals surface area (Å²) in [4.78, 5) is 27.8. The number of halogens is 2. The molecule has 0 radical (unpaired) electrons. The van der Waals surface area contributed by atoms with Crippen LogP contribution in [0.4, 0.5) is 5.69 Å². The fraction of sp³-hybridized carbons (Fsp3) is 0.231. The van der Waals surface area contributed by atoms with Gasteiger partial charge in [0.25, 0.3) is 10.0 Å². The Kier molecular flexibility index (Phi) is 9.37. The Labute approximate surface area is 221 Å². The van der Waals surface area contributed by atoms with Crippen molar-refractivity contribution in [3.63, 3.8) is 0 Å². The molecular weight excluding hydrogens is 521 g/mol. The lowest BCUT2D eigenvalue weighted by atomic mass is 10.1. The second-order valence-electron chi connectivity index (χ2n) is 7.99. The minimum Gasteiger partial charge on any atom is -0.355 e. The van der Waals surface area contributed by atoms with Crippen LogP contribution in [0.5, 0.6) is 0 Å². The molecule has 0 unspecified atom stereocenters. The van der Waals surface area contributed by atoms with Crippen LogP contribution >= 0.6 is 23.2 Å². The second-order valence-corrected chi connectivity index (χ2v) is 10.7. The lowest BCUT2D eigenvalue weighted by Crippen LogP contribution is -2.51. The number of benzene rings is 3. The highest BCUT2D eigenvalue weighted by Crippen LogP contribution is 2.26. The molecule has 3 aromatic carbocycles. The van der Waals surface area contributed by atoms with Gasteiger partial charge < -0.3 is 10.2 Å². The second kappa shape index (κ2) is 12.3. The van der Waals surface area contributed by atoms with Crippen LogP contribution in [0.1, 0.15) is 19.4 Å². The molecular formula is C26H27Cl2N3O4S. The fourth-order valence-corrected chi connectivity index (χ4v) is 5.48. The van der Waals surface area contributed by atoms with Gasteiger partial charge in [0.05, 0.1) is 10.6 Å². The Bertz CT molecular complexity index is 1310. The van der Waals surface area contributed by atoms with Gasteiger partial charge in [-0.3, -0.25) is 13.9 Å². The fourth-order valence-electron chi connectivity index (χ4n) is 3.58. The number of carbonyl (C=O) groups excluding carboxylic acids is 2. The van der Waals surface area contributed by atoms with Crippen LogP contribution in [-0.2, 0) is 26.2 Å². The summed E-state index contributed by atoms with van der Waals surface area (Å²) in [5, 5.41) is 3.48. The number of carbonyl (C=O) groups is 2. The van der Waals surface area contributed by atoms with Gasteiger partial charge in [-0.05, 0) is 55.8 Å². The highest BCUT2D eigenvalue weighted by Gasteiger charge is 2.32. The van der Waals surface area contributed by atoms with Gasteiger partial charge >= 0.3 is 0 Å². The molecule has 36 heavy (non-hydrogen) atoms. The van der Waals surface area contributed by atoms with Crippen LogP contribution in [0.3, 0.4) is 0 Å². The standard InChI is InChI=1S/C26H27Cl2N3O4S/c1-3-29-26(33)19(2)30(17-20-14-15-21(27)16-24(20)28)25(32)18-31(22-10-6-4-7-11-22)36(34,35)23-12-8-5-9-13-23/h4-16,19H,3,17-18H2,1-2H3,(H,29,33)/t19-/m1/s1. The zero-order valence-corrected chi connectivity index (χ0v) is 22.2. The molecule has 0 aliphatic carbocycles. The number of nitrogens with one attached hydrogen (secondary N) is 1. The highest BCUT2D eigenvalue weighted by atomic mass is 35.5. The summed E-state index contributed by atoms with van der Waals surface area (Å²) in [5.41, 5.74) is 0.896. The highest BCUT2D eigenvalue weighted by molar-refractivity contribution is 7.92. The number of sulfonamides is 1. The minimum absolute atomic E-state index is 0.0127. The van der Waals surface area contributed by atoms with Gasteiger partial charge in [0, 0.05) is 23.1 Å². The van der Waals surface area contributed by atoms with Gasteiger partial charge in [-0.25, -0.2) is 8.42 Å². The molecule has 0 aromatic heterocycles. The third-order valence-electron chi connectivity index (χ3n) is 5.53. The van der Waals surface area contributed by atoms with Gasteiger partial charge in [0.15, 0.2) is 0 Å². The van der Waals surface area contributed by atoms with Crippen molar-refractivity contribution in [2.75, 3.05) is 17.4 Å². The molecule has 3 aromatic rings. The molecule has 10 heteroatoms. The lowest BCUT2D eigenvalue weighted by Gasteiger charge is -2.32. The molecule has 0 bridgehead atoms. The molecule has 0 saturated carbocycles. The van der Waals surface area contributed by atoms with Crippen molar-refractivity contribution in [3.8, 4) is 0 Å². The maximum Gasteiger partial charge on any atom is 0.264 e. The van der Waals surface area contributed by atoms with E-state index in [0.717, 1.165) is 4.31 Å². The maximum absolute atomic E-state index is 13.7. The van der Waals surface area contributed by atoms with Crippen molar-refractivity contribution in [3.05, 3.63) is 94.5 Å². The van der Waals surface area contributed by atoms with E-state index in [0.29, 0.717) is 27.8 Å². The number of nitrogens with zero attached hydrogens (tertiary/aromatic N) is 2. The molecule has 3 rings (SSSR count). The molecule has 1 atom stereocenters. The van der Waals surface area contributed by atoms with Crippen LogP contribution in [0.25, 0.3) is 0 Å². The molecule has 2 amide bonds. The van der Waals surface area contributed by atoms with Crippen molar-refractivity contribution in [2.24, 2.45) is 0 Å². The summed E-state index contributed by atoms with van der Waals surface area (Å²) in [5.74, 6) is -0.934. The number of likely N-dealkylation sites (N-methyl/N-ethyl adjacent to an activating group) is 1. The summed E-state index contributed by atoms with van der Waals surface area (Å²) < 4.78 is 28.2. The van der Waals surface area contributed by atoms with E-state index in [1.807, 2.05) is 0 Å². The number of hydrogen-bond donors (Lipinski definition) is 1. The van der Waals surface area contributed by atoms with E-state index in [1.54, 1.807) is 80.6 Å². The third kappa shape index (κ3) is 6.57. The monoisotopic (exact) mass is 547 g/mol. The van der Waals surface area contributed by atoms with E-state index in [4.69, 9.17) is 23.2 Å². The first kappa shape index (κ1) is 27.5. The van der Waals surface area contributed by atoms with E-state index < -0.39 is 28.5 Å². The predicted octanol–water partition coefficient (Wildman–Crippen LogP) is 4.74. The Morgan fingerprint density at radius 2 is 1.56 bits per heavy atom. The molecule has 0 aliphatic rings. The topological polar surface area (TPSA) is 86.8 Å². The Hall–Kier alpha value is -3.07. The molecule has 0 saturated heterocycles. The Morgan fingerprint density at radius 3 is 2.14 bits per heavy atom. The largest absolute Gasteiger partial charge is 0.355 e. The first-order valence-corrected chi connectivity index (χ1v) is 13.5. The number of para-hydroxylation sites is 1. The van der Waals surface area contributed by atoms with Gasteiger partial charge in [-0.2, -0.15) is 0 Å². The zero-order valence-electron chi connectivity index (χ0n) is 19.9.